The number of para-hydroxylation sites is 1. The number of fused-ring (bicyclic) bond motifs is 1. The summed E-state index contributed by atoms with van der Waals surface area (Å²) < 4.78 is 6.37. The van der Waals surface area contributed by atoms with Gasteiger partial charge in [0.25, 0.3) is 5.91 Å². The lowest BCUT2D eigenvalue weighted by molar-refractivity contribution is -0.154. The summed E-state index contributed by atoms with van der Waals surface area (Å²) in [7, 11) is 0. The number of esters is 1. The average Bonchev–Trinajstić information content (AvgIpc) is 3.14. The van der Waals surface area contributed by atoms with E-state index in [9.17, 15) is 9.59 Å². The minimum absolute atomic E-state index is 0.187. The first kappa shape index (κ1) is 20.0. The minimum Gasteiger partial charge on any atom is -0.453 e. The fourth-order valence-corrected chi connectivity index (χ4v) is 3.81. The molecule has 0 aliphatic heterocycles. The van der Waals surface area contributed by atoms with Gasteiger partial charge in [-0.25, -0.2) is 4.98 Å². The maximum absolute atomic E-state index is 12.2. The Balaban J connectivity index is 1.42. The Morgan fingerprint density at radius 2 is 1.79 bits per heavy atom. The fourth-order valence-electron chi connectivity index (χ4n) is 2.84. The first-order valence-corrected chi connectivity index (χ1v) is 10.2. The van der Waals surface area contributed by atoms with Crippen molar-refractivity contribution in [2.24, 2.45) is 0 Å². The van der Waals surface area contributed by atoms with E-state index in [1.807, 2.05) is 61.5 Å². The van der Waals surface area contributed by atoms with Crippen LogP contribution in [0, 0.1) is 0 Å². The predicted molar refractivity (Wildman–Crippen MR) is 111 cm³/mol. The molecule has 0 saturated carbocycles. The summed E-state index contributed by atoms with van der Waals surface area (Å²) >= 11 is 1.58. The third-order valence-electron chi connectivity index (χ3n) is 4.51. The lowest BCUT2D eigenvalue weighted by atomic mass is 10.0. The summed E-state index contributed by atoms with van der Waals surface area (Å²) in [4.78, 5) is 28.8. The lowest BCUT2D eigenvalue weighted by Gasteiger charge is -2.16. The molecule has 5 nitrogen and oxygen atoms in total. The van der Waals surface area contributed by atoms with E-state index in [1.54, 1.807) is 18.3 Å². The quantitative estimate of drug-likeness (QED) is 0.583. The molecule has 0 fully saturated rings. The Hall–Kier alpha value is -2.73. The van der Waals surface area contributed by atoms with Crippen LogP contribution in [0.15, 0.2) is 54.6 Å². The summed E-state index contributed by atoms with van der Waals surface area (Å²) in [6.07, 6.45) is -0.0964. The molecule has 2 aromatic carbocycles. The summed E-state index contributed by atoms with van der Waals surface area (Å²) in [5.41, 5.74) is 2.10. The molecule has 28 heavy (non-hydrogen) atoms. The van der Waals surface area contributed by atoms with E-state index in [2.05, 4.69) is 10.3 Å². The minimum atomic E-state index is -0.814. The molecular weight excluding hydrogens is 372 g/mol. The second-order valence-corrected chi connectivity index (χ2v) is 7.88. The first-order chi connectivity index (χ1) is 13.5. The molecule has 6 heteroatoms. The van der Waals surface area contributed by atoms with E-state index in [0.29, 0.717) is 13.0 Å². The Labute approximate surface area is 168 Å². The number of amides is 1. The molecule has 2 atom stereocenters. The SMILES string of the molecule is C[C@H](OC(=O)CCc1nc2ccccc2s1)C(=O)NC[C@@H](C)c1ccccc1. The number of nitrogens with zero attached hydrogens (tertiary/aromatic N) is 1. The second-order valence-electron chi connectivity index (χ2n) is 6.76. The van der Waals surface area contributed by atoms with Crippen molar-refractivity contribution in [3.05, 3.63) is 65.2 Å². The Bertz CT molecular complexity index is 906. The molecule has 1 aromatic heterocycles. The second kappa shape index (κ2) is 9.46. The van der Waals surface area contributed by atoms with Crippen LogP contribution in [0.4, 0.5) is 0 Å². The van der Waals surface area contributed by atoms with Crippen LogP contribution in [0.5, 0.6) is 0 Å². The molecule has 0 aliphatic carbocycles. The van der Waals surface area contributed by atoms with Gasteiger partial charge >= 0.3 is 5.97 Å². The summed E-state index contributed by atoms with van der Waals surface area (Å²) in [5, 5.41) is 3.75. The van der Waals surface area contributed by atoms with Crippen LogP contribution in [0.3, 0.4) is 0 Å². The highest BCUT2D eigenvalue weighted by molar-refractivity contribution is 7.18. The van der Waals surface area contributed by atoms with Gasteiger partial charge in [0.05, 0.1) is 21.6 Å². The topological polar surface area (TPSA) is 68.3 Å². The molecule has 0 unspecified atom stereocenters. The third kappa shape index (κ3) is 5.39. The molecule has 0 radical (unpaired) electrons. The monoisotopic (exact) mass is 396 g/mol. The predicted octanol–water partition coefficient (Wildman–Crippen LogP) is 4.08. The normalized spacial score (nSPS) is 13.1. The van der Waals surface area contributed by atoms with Gasteiger partial charge in [0.2, 0.25) is 0 Å². The van der Waals surface area contributed by atoms with Crippen LogP contribution in [0.2, 0.25) is 0 Å². The van der Waals surface area contributed by atoms with Crippen LogP contribution >= 0.6 is 11.3 Å². The van der Waals surface area contributed by atoms with Crippen molar-refractivity contribution in [1.29, 1.82) is 0 Å². The van der Waals surface area contributed by atoms with Crippen molar-refractivity contribution in [2.45, 2.75) is 38.7 Å². The summed E-state index contributed by atoms with van der Waals surface area (Å²) in [6, 6.07) is 17.9. The molecule has 0 bridgehead atoms. The zero-order valence-electron chi connectivity index (χ0n) is 16.1. The van der Waals surface area contributed by atoms with Crippen molar-refractivity contribution in [3.63, 3.8) is 0 Å². The van der Waals surface area contributed by atoms with Crippen LogP contribution < -0.4 is 5.32 Å². The van der Waals surface area contributed by atoms with Crippen LogP contribution in [0.25, 0.3) is 10.2 Å². The third-order valence-corrected chi connectivity index (χ3v) is 5.61. The molecule has 1 amide bonds. The largest absolute Gasteiger partial charge is 0.453 e. The lowest BCUT2D eigenvalue weighted by Crippen LogP contribution is -2.37. The van der Waals surface area contributed by atoms with Gasteiger partial charge in [-0.1, -0.05) is 49.4 Å². The Kier molecular flexibility index (Phi) is 6.76. The number of aryl methyl sites for hydroxylation is 1. The molecule has 0 saturated heterocycles. The molecule has 1 heterocycles. The highest BCUT2D eigenvalue weighted by atomic mass is 32.1. The van der Waals surface area contributed by atoms with E-state index in [1.165, 1.54) is 0 Å². The molecule has 146 valence electrons. The fraction of sp³-hybridized carbons (Fsp3) is 0.318. The highest BCUT2D eigenvalue weighted by Crippen LogP contribution is 2.22. The number of carbonyl (C=O) groups is 2. The number of rotatable bonds is 8. The average molecular weight is 397 g/mol. The van der Waals surface area contributed by atoms with E-state index in [4.69, 9.17) is 4.74 Å². The van der Waals surface area contributed by atoms with Crippen molar-refractivity contribution in [3.8, 4) is 0 Å². The van der Waals surface area contributed by atoms with E-state index in [0.717, 1.165) is 20.8 Å². The maximum atomic E-state index is 12.2. The molecule has 0 spiro atoms. The summed E-state index contributed by atoms with van der Waals surface area (Å²) in [6.45, 7) is 4.14. The van der Waals surface area contributed by atoms with Gasteiger partial charge < -0.3 is 10.1 Å². The van der Waals surface area contributed by atoms with Crippen LogP contribution in [0.1, 0.15) is 36.8 Å². The van der Waals surface area contributed by atoms with Gasteiger partial charge in [-0.3, -0.25) is 9.59 Å². The summed E-state index contributed by atoms with van der Waals surface area (Å²) in [5.74, 6) is -0.485. The number of ether oxygens (including phenoxy) is 1. The van der Waals surface area contributed by atoms with Gasteiger partial charge in [0.15, 0.2) is 6.10 Å². The van der Waals surface area contributed by atoms with E-state index in [-0.39, 0.29) is 18.2 Å². The zero-order valence-corrected chi connectivity index (χ0v) is 16.9. The van der Waals surface area contributed by atoms with Crippen molar-refractivity contribution < 1.29 is 14.3 Å². The number of aromatic nitrogens is 1. The molecular formula is C22H24N2O3S. The first-order valence-electron chi connectivity index (χ1n) is 9.39. The van der Waals surface area contributed by atoms with Crippen LogP contribution in [-0.2, 0) is 20.7 Å². The molecule has 0 aliphatic rings. The number of carbonyl (C=O) groups excluding carboxylic acids is 2. The van der Waals surface area contributed by atoms with Gasteiger partial charge in [-0.05, 0) is 30.5 Å². The van der Waals surface area contributed by atoms with E-state index < -0.39 is 12.1 Å². The van der Waals surface area contributed by atoms with Crippen LogP contribution in [-0.4, -0.2) is 29.5 Å². The van der Waals surface area contributed by atoms with Crippen molar-refractivity contribution in [1.82, 2.24) is 10.3 Å². The van der Waals surface area contributed by atoms with E-state index >= 15 is 0 Å². The van der Waals surface area contributed by atoms with Crippen molar-refractivity contribution >= 4 is 33.4 Å². The standard InChI is InChI=1S/C22H24N2O3S/c1-15(17-8-4-3-5-9-17)14-23-22(26)16(2)27-21(25)13-12-20-24-18-10-6-7-11-19(18)28-20/h3-11,15-16H,12-14H2,1-2H3,(H,23,26)/t15-,16+/m1/s1. The van der Waals surface area contributed by atoms with Gasteiger partial charge in [0.1, 0.15) is 0 Å². The van der Waals surface area contributed by atoms with Crippen molar-refractivity contribution in [2.75, 3.05) is 6.54 Å². The smallest absolute Gasteiger partial charge is 0.306 e. The van der Waals surface area contributed by atoms with Gasteiger partial charge in [0, 0.05) is 13.0 Å². The van der Waals surface area contributed by atoms with Gasteiger partial charge in [-0.15, -0.1) is 11.3 Å². The zero-order chi connectivity index (χ0) is 19.9. The molecule has 3 rings (SSSR count). The number of hydrogen-bond acceptors (Lipinski definition) is 5. The number of thiazole rings is 1. The Morgan fingerprint density at radius 3 is 2.54 bits per heavy atom. The molecule has 1 N–H and O–H groups in total. The Morgan fingerprint density at radius 1 is 1.07 bits per heavy atom. The number of nitrogens with one attached hydrogen (secondary N) is 1. The highest BCUT2D eigenvalue weighted by Gasteiger charge is 2.19. The molecule has 3 aromatic rings. The number of benzene rings is 2. The number of hydrogen-bond donors (Lipinski definition) is 1. The van der Waals surface area contributed by atoms with Gasteiger partial charge in [-0.2, -0.15) is 0 Å². The maximum Gasteiger partial charge on any atom is 0.306 e.